The lowest BCUT2D eigenvalue weighted by Crippen LogP contribution is -2.27. The highest BCUT2D eigenvalue weighted by Crippen LogP contribution is 2.17. The van der Waals surface area contributed by atoms with Crippen LogP contribution in [0, 0.1) is 0 Å². The van der Waals surface area contributed by atoms with Crippen LogP contribution >= 0.6 is 11.8 Å². The summed E-state index contributed by atoms with van der Waals surface area (Å²) in [6.45, 7) is 0.830. The van der Waals surface area contributed by atoms with Gasteiger partial charge in [-0.1, -0.05) is 35.6 Å². The van der Waals surface area contributed by atoms with E-state index in [1.54, 1.807) is 11.8 Å². The van der Waals surface area contributed by atoms with E-state index in [0.717, 1.165) is 36.7 Å². The van der Waals surface area contributed by atoms with Gasteiger partial charge in [0.1, 0.15) is 0 Å². The zero-order valence-corrected chi connectivity index (χ0v) is 10.1. The van der Waals surface area contributed by atoms with E-state index in [9.17, 15) is 4.79 Å². The van der Waals surface area contributed by atoms with Crippen molar-refractivity contribution >= 4 is 22.8 Å². The van der Waals surface area contributed by atoms with E-state index in [-0.39, 0.29) is 5.91 Å². The van der Waals surface area contributed by atoms with E-state index in [4.69, 9.17) is 0 Å². The average molecular weight is 236 g/mol. The van der Waals surface area contributed by atoms with Crippen molar-refractivity contribution in [3.63, 3.8) is 0 Å². The van der Waals surface area contributed by atoms with Gasteiger partial charge in [-0.15, -0.1) is 0 Å². The molecule has 0 aromatic carbocycles. The number of rotatable bonds is 3. The van der Waals surface area contributed by atoms with Crippen molar-refractivity contribution in [3.05, 3.63) is 23.8 Å². The number of hydrogen-bond acceptors (Lipinski definition) is 3. The molecule has 0 saturated carbocycles. The van der Waals surface area contributed by atoms with Crippen LogP contribution in [0.5, 0.6) is 0 Å². The first kappa shape index (κ1) is 11.5. The molecule has 1 aliphatic heterocycles. The van der Waals surface area contributed by atoms with Crippen LogP contribution in [-0.2, 0) is 4.79 Å². The van der Waals surface area contributed by atoms with E-state index < -0.39 is 0 Å². The van der Waals surface area contributed by atoms with E-state index in [1.165, 1.54) is 5.57 Å². The summed E-state index contributed by atoms with van der Waals surface area (Å²) in [5, 5.41) is 3.64. The number of amides is 1. The molecule has 1 heterocycles. The molecule has 0 bridgehead atoms. The Bertz CT molecular complexity index is 358. The molecule has 2 rings (SSSR count). The van der Waals surface area contributed by atoms with Crippen LogP contribution in [0.15, 0.2) is 28.8 Å². The van der Waals surface area contributed by atoms with Gasteiger partial charge in [0.2, 0.25) is 5.91 Å². The maximum Gasteiger partial charge on any atom is 0.226 e. The van der Waals surface area contributed by atoms with Crippen LogP contribution in [0.4, 0.5) is 0 Å². The van der Waals surface area contributed by atoms with Gasteiger partial charge in [0.15, 0.2) is 5.17 Å². The molecule has 1 amide bonds. The Kier molecular flexibility index (Phi) is 4.22. The summed E-state index contributed by atoms with van der Waals surface area (Å²) in [5.74, 6) is 1.08. The highest BCUT2D eigenvalue weighted by Gasteiger charge is 2.11. The Labute approximate surface area is 100 Å². The van der Waals surface area contributed by atoms with Gasteiger partial charge in [0.25, 0.3) is 0 Å². The van der Waals surface area contributed by atoms with Crippen LogP contribution in [0.1, 0.15) is 25.7 Å². The first-order valence-electron chi connectivity index (χ1n) is 5.66. The molecule has 1 N–H and O–H groups in total. The first-order chi connectivity index (χ1) is 7.84. The number of nitrogens with zero attached hydrogens (tertiary/aromatic N) is 1. The van der Waals surface area contributed by atoms with E-state index in [0.29, 0.717) is 6.42 Å². The molecule has 1 aliphatic carbocycles. The minimum atomic E-state index is 0.0867. The Morgan fingerprint density at radius 3 is 3.19 bits per heavy atom. The lowest BCUT2D eigenvalue weighted by atomic mass is 10.0. The van der Waals surface area contributed by atoms with Crippen molar-refractivity contribution in [3.8, 4) is 0 Å². The van der Waals surface area contributed by atoms with E-state index in [1.807, 2.05) is 0 Å². The van der Waals surface area contributed by atoms with Gasteiger partial charge in [-0.05, 0) is 19.3 Å². The number of nitrogens with one attached hydrogen (secondary N) is 1. The van der Waals surface area contributed by atoms with Crippen LogP contribution in [0.3, 0.4) is 0 Å². The summed E-state index contributed by atoms with van der Waals surface area (Å²) in [6.07, 6.45) is 10.0. The monoisotopic (exact) mass is 236 g/mol. The molecule has 0 fully saturated rings. The fourth-order valence-electron chi connectivity index (χ4n) is 1.73. The molecular weight excluding hydrogens is 220 g/mol. The van der Waals surface area contributed by atoms with Gasteiger partial charge in [0.05, 0.1) is 6.54 Å². The smallest absolute Gasteiger partial charge is 0.226 e. The maximum absolute atomic E-state index is 11.6. The second-order valence-corrected chi connectivity index (χ2v) is 4.96. The zero-order chi connectivity index (χ0) is 11.2. The quantitative estimate of drug-likeness (QED) is 0.816. The van der Waals surface area contributed by atoms with Gasteiger partial charge < -0.3 is 5.32 Å². The second kappa shape index (κ2) is 5.89. The number of thioether (sulfide) groups is 1. The van der Waals surface area contributed by atoms with Crippen molar-refractivity contribution < 1.29 is 4.79 Å². The third kappa shape index (κ3) is 3.52. The van der Waals surface area contributed by atoms with Gasteiger partial charge in [-0.25, -0.2) is 0 Å². The molecule has 0 atom stereocenters. The number of carbonyl (C=O) groups excluding carboxylic acids is 1. The predicted octanol–water partition coefficient (Wildman–Crippen LogP) is 2.26. The molecule has 0 radical (unpaired) electrons. The summed E-state index contributed by atoms with van der Waals surface area (Å²) in [6, 6.07) is 0. The van der Waals surface area contributed by atoms with Gasteiger partial charge in [-0.2, -0.15) is 0 Å². The molecule has 0 unspecified atom stereocenters. The van der Waals surface area contributed by atoms with Crippen molar-refractivity contribution in [2.45, 2.75) is 25.7 Å². The largest absolute Gasteiger partial charge is 0.305 e. The molecule has 0 aromatic heterocycles. The fraction of sp³-hybridized carbons (Fsp3) is 0.500. The van der Waals surface area contributed by atoms with Crippen LogP contribution in [0.25, 0.3) is 0 Å². The van der Waals surface area contributed by atoms with Gasteiger partial charge in [0, 0.05) is 12.2 Å². The molecule has 3 nitrogen and oxygen atoms in total. The SMILES string of the molecule is O=C(CCC1=CC=CCC1)NC1=NCCS1. The zero-order valence-electron chi connectivity index (χ0n) is 9.24. The van der Waals surface area contributed by atoms with Gasteiger partial charge in [-0.3, -0.25) is 9.79 Å². The number of carbonyl (C=O) groups is 1. The van der Waals surface area contributed by atoms with Crippen LogP contribution < -0.4 is 5.32 Å². The predicted molar refractivity (Wildman–Crippen MR) is 68.6 cm³/mol. The summed E-state index contributed by atoms with van der Waals surface area (Å²) < 4.78 is 0. The molecular formula is C12H16N2OS. The van der Waals surface area contributed by atoms with Crippen molar-refractivity contribution in [2.24, 2.45) is 4.99 Å². The number of allylic oxidation sites excluding steroid dienone is 4. The lowest BCUT2D eigenvalue weighted by molar-refractivity contribution is -0.119. The molecule has 16 heavy (non-hydrogen) atoms. The highest BCUT2D eigenvalue weighted by molar-refractivity contribution is 8.14. The number of amidine groups is 1. The minimum absolute atomic E-state index is 0.0867. The number of hydrogen-bond donors (Lipinski definition) is 1. The summed E-state index contributed by atoms with van der Waals surface area (Å²) in [5.41, 5.74) is 1.37. The second-order valence-electron chi connectivity index (χ2n) is 3.88. The topological polar surface area (TPSA) is 41.5 Å². The third-order valence-electron chi connectivity index (χ3n) is 2.61. The van der Waals surface area contributed by atoms with Crippen LogP contribution in [0.2, 0.25) is 0 Å². The van der Waals surface area contributed by atoms with Crippen LogP contribution in [-0.4, -0.2) is 23.4 Å². The number of aliphatic imine (C=N–C) groups is 1. The van der Waals surface area contributed by atoms with Crippen molar-refractivity contribution in [1.29, 1.82) is 0 Å². The Morgan fingerprint density at radius 1 is 1.56 bits per heavy atom. The fourth-order valence-corrected chi connectivity index (χ4v) is 2.47. The summed E-state index contributed by atoms with van der Waals surface area (Å²) in [4.78, 5) is 15.8. The Hall–Kier alpha value is -1.03. The van der Waals surface area contributed by atoms with E-state index in [2.05, 4.69) is 28.5 Å². The molecule has 2 aliphatic rings. The molecule has 0 aromatic rings. The maximum atomic E-state index is 11.6. The normalized spacial score (nSPS) is 19.2. The Balaban J connectivity index is 1.71. The summed E-state index contributed by atoms with van der Waals surface area (Å²) in [7, 11) is 0. The molecule has 86 valence electrons. The average Bonchev–Trinajstić information content (AvgIpc) is 2.81. The van der Waals surface area contributed by atoms with Gasteiger partial charge >= 0.3 is 0 Å². The molecule has 0 spiro atoms. The third-order valence-corrected chi connectivity index (χ3v) is 3.50. The standard InChI is InChI=1S/C12H16N2OS/c15-11(14-12-13-8-9-16-12)7-6-10-4-2-1-3-5-10/h1-2,4H,3,5-9H2,(H,13,14,15). The highest BCUT2D eigenvalue weighted by atomic mass is 32.2. The Morgan fingerprint density at radius 2 is 2.50 bits per heavy atom. The van der Waals surface area contributed by atoms with E-state index >= 15 is 0 Å². The molecule has 4 heteroatoms. The lowest BCUT2D eigenvalue weighted by Gasteiger charge is -2.08. The van der Waals surface area contributed by atoms with Crippen molar-refractivity contribution in [2.75, 3.05) is 12.3 Å². The molecule has 0 saturated heterocycles. The first-order valence-corrected chi connectivity index (χ1v) is 6.65. The van der Waals surface area contributed by atoms with Crippen molar-refractivity contribution in [1.82, 2.24) is 5.32 Å². The summed E-state index contributed by atoms with van der Waals surface area (Å²) >= 11 is 1.62. The minimum Gasteiger partial charge on any atom is -0.305 e.